The Bertz CT molecular complexity index is 719. The van der Waals surface area contributed by atoms with Gasteiger partial charge in [-0.1, -0.05) is 12.8 Å². The van der Waals surface area contributed by atoms with Crippen molar-refractivity contribution in [1.82, 2.24) is 4.90 Å². The number of amides is 1. The first kappa shape index (κ1) is 15.4. The second-order valence-electron chi connectivity index (χ2n) is 5.56. The Balaban J connectivity index is 1.91. The van der Waals surface area contributed by atoms with Crippen molar-refractivity contribution in [2.75, 3.05) is 13.7 Å². The molecule has 0 aromatic carbocycles. The van der Waals surface area contributed by atoms with E-state index in [9.17, 15) is 9.59 Å². The zero-order valence-corrected chi connectivity index (χ0v) is 13.0. The molecule has 0 spiro atoms. The summed E-state index contributed by atoms with van der Waals surface area (Å²) in [5.74, 6) is 0.568. The van der Waals surface area contributed by atoms with Crippen LogP contribution in [0.15, 0.2) is 44.4 Å². The Morgan fingerprint density at radius 1 is 1.30 bits per heavy atom. The normalized spacial score (nSPS) is 18.5. The van der Waals surface area contributed by atoms with Gasteiger partial charge in [0.1, 0.15) is 12.0 Å². The molecule has 1 amide bonds. The van der Waals surface area contributed by atoms with Crippen molar-refractivity contribution < 1.29 is 18.4 Å². The van der Waals surface area contributed by atoms with Gasteiger partial charge in [0.05, 0.1) is 19.4 Å². The summed E-state index contributed by atoms with van der Waals surface area (Å²) in [5, 5.41) is 0. The van der Waals surface area contributed by atoms with Crippen molar-refractivity contribution in [1.29, 1.82) is 0 Å². The third-order valence-corrected chi connectivity index (χ3v) is 4.11. The lowest BCUT2D eigenvalue weighted by atomic mass is 10.1. The third-order valence-electron chi connectivity index (χ3n) is 4.11. The third kappa shape index (κ3) is 3.16. The molecular formula is C17H19NO5. The molecule has 2 aromatic heterocycles. The molecule has 6 nitrogen and oxygen atoms in total. The van der Waals surface area contributed by atoms with Gasteiger partial charge in [-0.25, -0.2) is 0 Å². The first-order chi connectivity index (χ1) is 11.2. The summed E-state index contributed by atoms with van der Waals surface area (Å²) in [5.41, 5.74) is -0.369. The summed E-state index contributed by atoms with van der Waals surface area (Å²) in [7, 11) is 1.38. The van der Waals surface area contributed by atoms with Gasteiger partial charge in [-0.05, 0) is 25.0 Å². The van der Waals surface area contributed by atoms with Crippen molar-refractivity contribution in [2.45, 2.75) is 31.7 Å². The zero-order chi connectivity index (χ0) is 16.2. The molecule has 0 N–H and O–H groups in total. The van der Waals surface area contributed by atoms with E-state index in [0.29, 0.717) is 6.54 Å². The SMILES string of the molecule is COc1coc(C(=O)N2CCCCC[C@@H]2c2ccco2)cc1=O. The summed E-state index contributed by atoms with van der Waals surface area (Å²) in [4.78, 5) is 26.4. The molecule has 0 aliphatic carbocycles. The van der Waals surface area contributed by atoms with Crippen molar-refractivity contribution in [3.05, 3.63) is 52.5 Å². The van der Waals surface area contributed by atoms with Crippen LogP contribution in [0.4, 0.5) is 0 Å². The fraction of sp³-hybridized carbons (Fsp3) is 0.412. The second-order valence-corrected chi connectivity index (χ2v) is 5.56. The fourth-order valence-electron chi connectivity index (χ4n) is 2.93. The van der Waals surface area contributed by atoms with E-state index in [1.165, 1.54) is 19.4 Å². The number of hydrogen-bond acceptors (Lipinski definition) is 5. The highest BCUT2D eigenvalue weighted by Gasteiger charge is 2.30. The number of rotatable bonds is 3. The highest BCUT2D eigenvalue weighted by atomic mass is 16.5. The largest absolute Gasteiger partial charge is 0.490 e. The van der Waals surface area contributed by atoms with Crippen LogP contribution in [0.3, 0.4) is 0 Å². The van der Waals surface area contributed by atoms with E-state index < -0.39 is 0 Å². The first-order valence-corrected chi connectivity index (χ1v) is 7.72. The van der Waals surface area contributed by atoms with Crippen LogP contribution in [0.1, 0.15) is 48.0 Å². The Labute approximate surface area is 133 Å². The first-order valence-electron chi connectivity index (χ1n) is 7.72. The molecule has 6 heteroatoms. The van der Waals surface area contributed by atoms with E-state index in [2.05, 4.69) is 0 Å². The van der Waals surface area contributed by atoms with Gasteiger partial charge in [-0.15, -0.1) is 0 Å². The molecule has 0 radical (unpaired) electrons. The fourth-order valence-corrected chi connectivity index (χ4v) is 2.93. The smallest absolute Gasteiger partial charge is 0.290 e. The quantitative estimate of drug-likeness (QED) is 0.870. The molecule has 1 saturated heterocycles. The molecule has 3 heterocycles. The topological polar surface area (TPSA) is 72.9 Å². The van der Waals surface area contributed by atoms with Gasteiger partial charge < -0.3 is 18.5 Å². The Morgan fingerprint density at radius 3 is 2.87 bits per heavy atom. The molecule has 3 rings (SSSR count). The summed E-state index contributed by atoms with van der Waals surface area (Å²) >= 11 is 0. The van der Waals surface area contributed by atoms with Crippen molar-refractivity contribution in [2.24, 2.45) is 0 Å². The minimum absolute atomic E-state index is 0.0225. The maximum absolute atomic E-state index is 12.8. The van der Waals surface area contributed by atoms with Crippen LogP contribution >= 0.6 is 0 Å². The number of likely N-dealkylation sites (tertiary alicyclic amines) is 1. The Morgan fingerprint density at radius 2 is 2.17 bits per heavy atom. The van der Waals surface area contributed by atoms with E-state index in [1.807, 2.05) is 12.1 Å². The van der Waals surface area contributed by atoms with Gasteiger partial charge in [0.2, 0.25) is 11.2 Å². The standard InChI is InChI=1S/C17H19NO5/c1-21-16-11-23-15(10-13(16)19)17(20)18-8-4-2-3-6-12(18)14-7-5-9-22-14/h5,7,9-12H,2-4,6,8H2,1H3/t12-/m1/s1. The van der Waals surface area contributed by atoms with Crippen molar-refractivity contribution >= 4 is 5.91 Å². The Hall–Kier alpha value is -2.50. The molecule has 2 aromatic rings. The molecule has 1 aliphatic heterocycles. The predicted octanol–water partition coefficient (Wildman–Crippen LogP) is 3.00. The van der Waals surface area contributed by atoms with Crippen molar-refractivity contribution in [3.63, 3.8) is 0 Å². The summed E-state index contributed by atoms with van der Waals surface area (Å²) in [6.07, 6.45) is 6.63. The van der Waals surface area contributed by atoms with Crippen LogP contribution < -0.4 is 10.2 Å². The van der Waals surface area contributed by atoms with Gasteiger partial charge in [-0.3, -0.25) is 9.59 Å². The lowest BCUT2D eigenvalue weighted by Gasteiger charge is -2.28. The molecule has 122 valence electrons. The summed E-state index contributed by atoms with van der Waals surface area (Å²) < 4.78 is 15.7. The van der Waals surface area contributed by atoms with E-state index >= 15 is 0 Å². The maximum atomic E-state index is 12.8. The van der Waals surface area contributed by atoms with E-state index in [-0.39, 0.29) is 28.9 Å². The van der Waals surface area contributed by atoms with Crippen LogP contribution in [0.2, 0.25) is 0 Å². The number of ether oxygens (including phenoxy) is 1. The zero-order valence-electron chi connectivity index (χ0n) is 13.0. The number of carbonyl (C=O) groups is 1. The monoisotopic (exact) mass is 317 g/mol. The van der Waals surface area contributed by atoms with E-state index in [1.54, 1.807) is 11.2 Å². The lowest BCUT2D eigenvalue weighted by molar-refractivity contribution is 0.0622. The molecule has 1 atom stereocenters. The van der Waals surface area contributed by atoms with Crippen LogP contribution in [0, 0.1) is 0 Å². The molecule has 1 fully saturated rings. The minimum atomic E-state index is -0.369. The van der Waals surface area contributed by atoms with Crippen LogP contribution in [0.5, 0.6) is 5.75 Å². The molecule has 0 saturated carbocycles. The van der Waals surface area contributed by atoms with Gasteiger partial charge in [0.25, 0.3) is 5.91 Å². The van der Waals surface area contributed by atoms with Gasteiger partial charge >= 0.3 is 0 Å². The number of methoxy groups -OCH3 is 1. The number of nitrogens with zero attached hydrogens (tertiary/aromatic N) is 1. The Kier molecular flexibility index (Phi) is 4.50. The number of carbonyl (C=O) groups excluding carboxylic acids is 1. The van der Waals surface area contributed by atoms with Gasteiger partial charge in [-0.2, -0.15) is 0 Å². The highest BCUT2D eigenvalue weighted by Crippen LogP contribution is 2.31. The van der Waals surface area contributed by atoms with Gasteiger partial charge in [0, 0.05) is 12.6 Å². The van der Waals surface area contributed by atoms with Gasteiger partial charge in [0.15, 0.2) is 5.76 Å². The van der Waals surface area contributed by atoms with Crippen molar-refractivity contribution in [3.8, 4) is 5.75 Å². The molecule has 0 unspecified atom stereocenters. The lowest BCUT2D eigenvalue weighted by Crippen LogP contribution is -2.35. The van der Waals surface area contributed by atoms with E-state index in [4.69, 9.17) is 13.6 Å². The predicted molar refractivity (Wildman–Crippen MR) is 82.5 cm³/mol. The number of furan rings is 1. The minimum Gasteiger partial charge on any atom is -0.490 e. The second kappa shape index (κ2) is 6.73. The molecule has 0 bridgehead atoms. The molecule has 1 aliphatic rings. The average molecular weight is 317 g/mol. The number of hydrogen-bond donors (Lipinski definition) is 0. The van der Waals surface area contributed by atoms with Crippen LogP contribution in [-0.4, -0.2) is 24.5 Å². The van der Waals surface area contributed by atoms with E-state index in [0.717, 1.165) is 31.4 Å². The molecule has 23 heavy (non-hydrogen) atoms. The van der Waals surface area contributed by atoms with Crippen LogP contribution in [0.25, 0.3) is 0 Å². The highest BCUT2D eigenvalue weighted by molar-refractivity contribution is 5.91. The van der Waals surface area contributed by atoms with Crippen LogP contribution in [-0.2, 0) is 0 Å². The summed E-state index contributed by atoms with van der Waals surface area (Å²) in [6.45, 7) is 0.611. The maximum Gasteiger partial charge on any atom is 0.290 e. The average Bonchev–Trinajstić information content (AvgIpc) is 2.98. The summed E-state index contributed by atoms with van der Waals surface area (Å²) in [6, 6.07) is 4.75. The molecular weight excluding hydrogens is 298 g/mol.